The summed E-state index contributed by atoms with van der Waals surface area (Å²) in [6.45, 7) is 5.78. The molecule has 0 radical (unpaired) electrons. The normalized spacial score (nSPS) is 20.4. The Kier molecular flexibility index (Phi) is 4.67. The molecule has 2 aliphatic rings. The lowest BCUT2D eigenvalue weighted by atomic mass is 9.81. The fourth-order valence-corrected chi connectivity index (χ4v) is 2.87. The molecule has 0 bridgehead atoms. The number of hydrogen-bond donors (Lipinski definition) is 2. The van der Waals surface area contributed by atoms with Crippen molar-refractivity contribution in [3.05, 3.63) is 29.8 Å². The van der Waals surface area contributed by atoms with Gasteiger partial charge in [0.05, 0.1) is 12.2 Å². The smallest absolute Gasteiger partial charge is 0.255 e. The van der Waals surface area contributed by atoms with Gasteiger partial charge in [-0.1, -0.05) is 19.1 Å². The second-order valence-electron chi connectivity index (χ2n) is 6.99. The Labute approximate surface area is 132 Å². The van der Waals surface area contributed by atoms with Crippen LogP contribution in [0.4, 0.5) is 0 Å². The molecule has 4 nitrogen and oxygen atoms in total. The number of hydrogen-bond acceptors (Lipinski definition) is 3. The molecule has 2 fully saturated rings. The number of amides is 1. The van der Waals surface area contributed by atoms with E-state index in [2.05, 4.69) is 17.6 Å². The van der Waals surface area contributed by atoms with E-state index in [1.165, 1.54) is 12.8 Å². The molecule has 1 heterocycles. The quantitative estimate of drug-likeness (QED) is 0.849. The minimum Gasteiger partial charge on any atom is -0.492 e. The molecule has 0 unspecified atom stereocenters. The predicted octanol–water partition coefficient (Wildman–Crippen LogP) is 2.59. The van der Waals surface area contributed by atoms with E-state index in [4.69, 9.17) is 4.74 Å². The van der Waals surface area contributed by atoms with Crippen LogP contribution in [0.5, 0.6) is 5.75 Å². The number of piperidine rings is 1. The van der Waals surface area contributed by atoms with Crippen molar-refractivity contribution in [2.75, 3.05) is 26.2 Å². The van der Waals surface area contributed by atoms with Gasteiger partial charge in [0.1, 0.15) is 5.75 Å². The highest BCUT2D eigenvalue weighted by molar-refractivity contribution is 5.96. The summed E-state index contributed by atoms with van der Waals surface area (Å²) in [5, 5.41) is 6.47. The van der Waals surface area contributed by atoms with E-state index in [0.29, 0.717) is 17.2 Å². The highest BCUT2D eigenvalue weighted by Crippen LogP contribution is 2.30. The number of rotatable bonds is 6. The highest BCUT2D eigenvalue weighted by atomic mass is 16.5. The van der Waals surface area contributed by atoms with E-state index in [0.717, 1.165) is 39.1 Å². The van der Waals surface area contributed by atoms with Crippen LogP contribution in [-0.2, 0) is 0 Å². The van der Waals surface area contributed by atoms with Crippen LogP contribution >= 0.6 is 0 Å². The van der Waals surface area contributed by atoms with Gasteiger partial charge < -0.3 is 15.4 Å². The summed E-state index contributed by atoms with van der Waals surface area (Å²) in [7, 11) is 0. The lowest BCUT2D eigenvalue weighted by molar-refractivity contribution is 0.0918. The molecular weight excluding hydrogens is 276 g/mol. The maximum Gasteiger partial charge on any atom is 0.255 e. The summed E-state index contributed by atoms with van der Waals surface area (Å²) in [5.41, 5.74) is 0.853. The molecule has 0 atom stereocenters. The summed E-state index contributed by atoms with van der Waals surface area (Å²) in [6, 6.07) is 7.56. The van der Waals surface area contributed by atoms with Crippen molar-refractivity contribution in [3.8, 4) is 5.75 Å². The van der Waals surface area contributed by atoms with Crippen molar-refractivity contribution < 1.29 is 9.53 Å². The van der Waals surface area contributed by atoms with Crippen LogP contribution in [0.25, 0.3) is 0 Å². The monoisotopic (exact) mass is 302 g/mol. The lowest BCUT2D eigenvalue weighted by Crippen LogP contribution is -2.42. The van der Waals surface area contributed by atoms with E-state index in [1.54, 1.807) is 0 Å². The largest absolute Gasteiger partial charge is 0.492 e. The number of carbonyl (C=O) groups is 1. The van der Waals surface area contributed by atoms with E-state index in [9.17, 15) is 4.79 Å². The first-order valence-electron chi connectivity index (χ1n) is 8.37. The summed E-state index contributed by atoms with van der Waals surface area (Å²) < 4.78 is 5.83. The first-order chi connectivity index (χ1) is 10.7. The second-order valence-corrected chi connectivity index (χ2v) is 6.99. The molecule has 1 aliphatic heterocycles. The molecule has 120 valence electrons. The second kappa shape index (κ2) is 6.69. The summed E-state index contributed by atoms with van der Waals surface area (Å²) in [6.07, 6.45) is 4.71. The third kappa shape index (κ3) is 4.01. The minimum absolute atomic E-state index is 0.0221. The topological polar surface area (TPSA) is 50.4 Å². The fourth-order valence-electron chi connectivity index (χ4n) is 2.87. The van der Waals surface area contributed by atoms with E-state index >= 15 is 0 Å². The van der Waals surface area contributed by atoms with Gasteiger partial charge in [-0.2, -0.15) is 0 Å². The van der Waals surface area contributed by atoms with Crippen LogP contribution in [0.3, 0.4) is 0 Å². The van der Waals surface area contributed by atoms with Crippen molar-refractivity contribution >= 4 is 5.91 Å². The molecular formula is C18H26N2O2. The van der Waals surface area contributed by atoms with Crippen LogP contribution in [0, 0.1) is 11.3 Å². The molecule has 22 heavy (non-hydrogen) atoms. The van der Waals surface area contributed by atoms with Gasteiger partial charge in [-0.05, 0) is 62.2 Å². The Balaban J connectivity index is 1.58. The van der Waals surface area contributed by atoms with E-state index in [-0.39, 0.29) is 11.3 Å². The molecule has 1 aromatic carbocycles. The van der Waals surface area contributed by atoms with Crippen LogP contribution in [0.15, 0.2) is 24.3 Å². The van der Waals surface area contributed by atoms with Gasteiger partial charge in [0.15, 0.2) is 0 Å². The zero-order chi connectivity index (χ0) is 15.4. The third-order valence-corrected chi connectivity index (χ3v) is 4.79. The first kappa shape index (κ1) is 15.3. The average Bonchev–Trinajstić information content (AvgIpc) is 3.36. The Bertz CT molecular complexity index is 520. The molecule has 0 aromatic heterocycles. The molecule has 2 N–H and O–H groups in total. The molecule has 3 rings (SSSR count). The SMILES string of the molecule is CC1(CNC(=O)c2ccccc2OCC2CC2)CCNCC1. The minimum atomic E-state index is -0.0221. The molecule has 1 aromatic rings. The van der Waals surface area contributed by atoms with Crippen molar-refractivity contribution in [1.29, 1.82) is 0 Å². The maximum absolute atomic E-state index is 12.5. The number of nitrogens with one attached hydrogen (secondary N) is 2. The van der Waals surface area contributed by atoms with Crippen molar-refractivity contribution in [3.63, 3.8) is 0 Å². The van der Waals surface area contributed by atoms with Crippen LogP contribution in [0.2, 0.25) is 0 Å². The zero-order valence-corrected chi connectivity index (χ0v) is 13.4. The van der Waals surface area contributed by atoms with Gasteiger partial charge >= 0.3 is 0 Å². The van der Waals surface area contributed by atoms with Gasteiger partial charge in [-0.15, -0.1) is 0 Å². The fraction of sp³-hybridized carbons (Fsp3) is 0.611. The third-order valence-electron chi connectivity index (χ3n) is 4.79. The van der Waals surface area contributed by atoms with Gasteiger partial charge in [0.2, 0.25) is 0 Å². The van der Waals surface area contributed by atoms with Crippen molar-refractivity contribution in [2.45, 2.75) is 32.6 Å². The Morgan fingerprint density at radius 1 is 1.32 bits per heavy atom. The van der Waals surface area contributed by atoms with Crippen LogP contribution in [0.1, 0.15) is 43.0 Å². The Hall–Kier alpha value is -1.55. The van der Waals surface area contributed by atoms with Gasteiger partial charge in [-0.25, -0.2) is 0 Å². The molecule has 1 saturated heterocycles. The average molecular weight is 302 g/mol. The van der Waals surface area contributed by atoms with Crippen molar-refractivity contribution in [2.24, 2.45) is 11.3 Å². The number of carbonyl (C=O) groups excluding carboxylic acids is 1. The number of para-hydroxylation sites is 1. The Morgan fingerprint density at radius 2 is 2.05 bits per heavy atom. The number of ether oxygens (including phenoxy) is 1. The standard InChI is InChI=1S/C18H26N2O2/c1-18(8-10-19-11-9-18)13-20-17(21)15-4-2-3-5-16(15)22-12-14-6-7-14/h2-5,14,19H,6-13H2,1H3,(H,20,21). The Morgan fingerprint density at radius 3 is 2.77 bits per heavy atom. The highest BCUT2D eigenvalue weighted by Gasteiger charge is 2.28. The molecule has 1 saturated carbocycles. The van der Waals surface area contributed by atoms with Crippen LogP contribution < -0.4 is 15.4 Å². The van der Waals surface area contributed by atoms with Crippen molar-refractivity contribution in [1.82, 2.24) is 10.6 Å². The molecule has 4 heteroatoms. The van der Waals surface area contributed by atoms with E-state index in [1.807, 2.05) is 24.3 Å². The molecule has 1 amide bonds. The van der Waals surface area contributed by atoms with Crippen LogP contribution in [-0.4, -0.2) is 32.1 Å². The molecule has 0 spiro atoms. The summed E-state index contributed by atoms with van der Waals surface area (Å²) in [5.74, 6) is 1.37. The van der Waals surface area contributed by atoms with Gasteiger partial charge in [0.25, 0.3) is 5.91 Å². The first-order valence-corrected chi connectivity index (χ1v) is 8.37. The van der Waals surface area contributed by atoms with E-state index < -0.39 is 0 Å². The zero-order valence-electron chi connectivity index (χ0n) is 13.4. The van der Waals surface area contributed by atoms with Gasteiger partial charge in [-0.3, -0.25) is 4.79 Å². The summed E-state index contributed by atoms with van der Waals surface area (Å²) >= 11 is 0. The number of benzene rings is 1. The molecule has 1 aliphatic carbocycles. The maximum atomic E-state index is 12.5. The lowest BCUT2D eigenvalue weighted by Gasteiger charge is -2.34. The van der Waals surface area contributed by atoms with Gasteiger partial charge in [0, 0.05) is 6.54 Å². The summed E-state index contributed by atoms with van der Waals surface area (Å²) in [4.78, 5) is 12.5. The predicted molar refractivity (Wildman–Crippen MR) is 87.2 cm³/mol.